The molecule has 0 aromatic heterocycles. The van der Waals surface area contributed by atoms with Gasteiger partial charge in [0.15, 0.2) is 0 Å². The van der Waals surface area contributed by atoms with Gasteiger partial charge in [-0.15, -0.1) is 0 Å². The van der Waals surface area contributed by atoms with Crippen LogP contribution in [-0.4, -0.2) is 17.5 Å². The van der Waals surface area contributed by atoms with Gasteiger partial charge in [0.1, 0.15) is 5.78 Å². The monoisotopic (exact) mass is 308 g/mol. The van der Waals surface area contributed by atoms with Crippen LogP contribution in [0.3, 0.4) is 0 Å². The van der Waals surface area contributed by atoms with Crippen LogP contribution in [0.15, 0.2) is 0 Å². The van der Waals surface area contributed by atoms with Crippen molar-refractivity contribution in [3.05, 3.63) is 0 Å². The van der Waals surface area contributed by atoms with Crippen LogP contribution in [0.1, 0.15) is 79.6 Å². The Kier molecular flexibility index (Phi) is 5.42. The van der Waals surface area contributed by atoms with Crippen LogP contribution in [0.2, 0.25) is 0 Å². The molecule has 0 spiro atoms. The van der Waals surface area contributed by atoms with E-state index in [4.69, 9.17) is 0 Å². The van der Waals surface area contributed by atoms with Gasteiger partial charge in [-0.05, 0) is 60.7 Å². The number of aliphatic hydroxyl groups excluding tert-OH is 1. The highest BCUT2D eigenvalue weighted by Crippen LogP contribution is 2.61. The summed E-state index contributed by atoms with van der Waals surface area (Å²) in [5.74, 6) is 2.18. The number of rotatable bonds is 5. The number of fused-ring (bicyclic) bond motifs is 1. The second-order valence-electron chi connectivity index (χ2n) is 9.19. The summed E-state index contributed by atoms with van der Waals surface area (Å²) >= 11 is 0. The summed E-state index contributed by atoms with van der Waals surface area (Å²) in [5, 5.41) is 9.89. The van der Waals surface area contributed by atoms with Crippen molar-refractivity contribution in [3.63, 3.8) is 0 Å². The molecule has 1 unspecified atom stereocenters. The van der Waals surface area contributed by atoms with Crippen LogP contribution in [0, 0.1) is 34.5 Å². The van der Waals surface area contributed by atoms with Crippen LogP contribution < -0.4 is 0 Å². The molecule has 2 nitrogen and oxygen atoms in total. The molecule has 22 heavy (non-hydrogen) atoms. The molecule has 0 aliphatic heterocycles. The highest BCUT2D eigenvalue weighted by atomic mass is 16.3. The fourth-order valence-electron chi connectivity index (χ4n) is 5.82. The van der Waals surface area contributed by atoms with Gasteiger partial charge in [-0.2, -0.15) is 0 Å². The second kappa shape index (κ2) is 6.63. The largest absolute Gasteiger partial charge is 0.396 e. The minimum absolute atomic E-state index is 0.141. The van der Waals surface area contributed by atoms with Crippen molar-refractivity contribution in [3.8, 4) is 0 Å². The summed E-state index contributed by atoms with van der Waals surface area (Å²) in [6, 6.07) is 0. The van der Waals surface area contributed by atoms with Crippen molar-refractivity contribution in [1.29, 1.82) is 0 Å². The fraction of sp³-hybridized carbons (Fsp3) is 0.950. The molecule has 128 valence electrons. The molecule has 2 saturated carbocycles. The number of hydrogen-bond donors (Lipinski definition) is 1. The molecule has 0 amide bonds. The molecule has 0 saturated heterocycles. The third-order valence-electron chi connectivity index (χ3n) is 7.10. The molecule has 0 aromatic rings. The van der Waals surface area contributed by atoms with Crippen LogP contribution in [0.25, 0.3) is 0 Å². The third kappa shape index (κ3) is 3.27. The van der Waals surface area contributed by atoms with Crippen molar-refractivity contribution in [2.75, 3.05) is 6.61 Å². The average molecular weight is 309 g/mol. The maximum atomic E-state index is 12.1. The second-order valence-corrected chi connectivity index (χ2v) is 9.19. The van der Waals surface area contributed by atoms with Crippen LogP contribution in [-0.2, 0) is 4.79 Å². The molecular weight excluding hydrogens is 272 g/mol. The number of aliphatic hydroxyl groups is 1. The number of carbonyl (C=O) groups excluding carboxylic acids is 1. The van der Waals surface area contributed by atoms with E-state index >= 15 is 0 Å². The Labute approximate surface area is 137 Å². The van der Waals surface area contributed by atoms with Gasteiger partial charge in [0.2, 0.25) is 0 Å². The van der Waals surface area contributed by atoms with E-state index in [2.05, 4.69) is 20.8 Å². The SMILES string of the molecule is CC(C)C(=O)CC[C@H]1C(CO)CC[C@H]2C(C)(C)CCC[C@]12C. The van der Waals surface area contributed by atoms with Crippen molar-refractivity contribution in [2.45, 2.75) is 79.6 Å². The molecule has 2 aliphatic rings. The lowest BCUT2D eigenvalue weighted by atomic mass is 9.46. The lowest BCUT2D eigenvalue weighted by Gasteiger charge is -2.59. The molecule has 0 heterocycles. The molecule has 2 rings (SSSR count). The Hall–Kier alpha value is -0.370. The standard InChI is InChI=1S/C20H36O2/c1-14(2)17(22)9-8-16-15(13-21)7-10-18-19(3,4)11-6-12-20(16,18)5/h14-16,18,21H,6-13H2,1-5H3/t15?,16-,18-,20+/m0/s1. The van der Waals surface area contributed by atoms with E-state index in [0.717, 1.165) is 18.8 Å². The van der Waals surface area contributed by atoms with E-state index in [1.54, 1.807) is 0 Å². The first-order chi connectivity index (χ1) is 10.2. The van der Waals surface area contributed by atoms with E-state index in [1.165, 1.54) is 25.7 Å². The summed E-state index contributed by atoms with van der Waals surface area (Å²) in [4.78, 5) is 12.1. The van der Waals surface area contributed by atoms with E-state index in [-0.39, 0.29) is 5.92 Å². The quantitative estimate of drug-likeness (QED) is 0.789. The normalized spacial score (nSPS) is 37.9. The molecule has 2 aliphatic carbocycles. The van der Waals surface area contributed by atoms with Gasteiger partial charge in [0, 0.05) is 18.9 Å². The molecule has 0 aromatic carbocycles. The zero-order valence-corrected chi connectivity index (χ0v) is 15.3. The van der Waals surface area contributed by atoms with Crippen LogP contribution >= 0.6 is 0 Å². The van der Waals surface area contributed by atoms with Crippen molar-refractivity contribution < 1.29 is 9.90 Å². The summed E-state index contributed by atoms with van der Waals surface area (Å²) in [7, 11) is 0. The molecule has 0 bridgehead atoms. The molecule has 4 atom stereocenters. The fourth-order valence-corrected chi connectivity index (χ4v) is 5.82. The van der Waals surface area contributed by atoms with E-state index < -0.39 is 0 Å². The van der Waals surface area contributed by atoms with E-state index in [0.29, 0.717) is 41.5 Å². The highest BCUT2D eigenvalue weighted by molar-refractivity contribution is 5.80. The minimum atomic E-state index is 0.141. The van der Waals surface area contributed by atoms with E-state index in [1.807, 2.05) is 13.8 Å². The Morgan fingerprint density at radius 2 is 1.86 bits per heavy atom. The minimum Gasteiger partial charge on any atom is -0.396 e. The molecule has 1 N–H and O–H groups in total. The van der Waals surface area contributed by atoms with Gasteiger partial charge in [0.25, 0.3) is 0 Å². The zero-order valence-electron chi connectivity index (χ0n) is 15.3. The Morgan fingerprint density at radius 3 is 2.45 bits per heavy atom. The average Bonchev–Trinajstić information content (AvgIpc) is 2.43. The van der Waals surface area contributed by atoms with Crippen LogP contribution in [0.4, 0.5) is 0 Å². The Balaban J connectivity index is 2.20. The Bertz CT molecular complexity index is 399. The summed E-state index contributed by atoms with van der Waals surface area (Å²) in [6.07, 6.45) is 7.97. The van der Waals surface area contributed by atoms with Gasteiger partial charge in [0.05, 0.1) is 0 Å². The van der Waals surface area contributed by atoms with Gasteiger partial charge in [-0.3, -0.25) is 4.79 Å². The van der Waals surface area contributed by atoms with Gasteiger partial charge in [-0.1, -0.05) is 41.0 Å². The number of hydrogen-bond acceptors (Lipinski definition) is 2. The lowest BCUT2D eigenvalue weighted by molar-refractivity contribution is -0.126. The molecule has 2 fully saturated rings. The van der Waals surface area contributed by atoms with Crippen molar-refractivity contribution >= 4 is 5.78 Å². The predicted molar refractivity (Wildman–Crippen MR) is 91.6 cm³/mol. The van der Waals surface area contributed by atoms with Gasteiger partial charge < -0.3 is 5.11 Å². The Morgan fingerprint density at radius 1 is 1.18 bits per heavy atom. The summed E-state index contributed by atoms with van der Waals surface area (Å²) < 4.78 is 0. The van der Waals surface area contributed by atoms with Gasteiger partial charge in [-0.25, -0.2) is 0 Å². The topological polar surface area (TPSA) is 37.3 Å². The number of ketones is 1. The maximum absolute atomic E-state index is 12.1. The van der Waals surface area contributed by atoms with Gasteiger partial charge >= 0.3 is 0 Å². The number of Topliss-reactive ketones (excluding diaryl/α,β-unsaturated/α-hetero) is 1. The third-order valence-corrected chi connectivity index (χ3v) is 7.10. The summed E-state index contributed by atoms with van der Waals surface area (Å²) in [5.41, 5.74) is 0.721. The summed E-state index contributed by atoms with van der Waals surface area (Å²) in [6.45, 7) is 11.6. The zero-order chi connectivity index (χ0) is 16.5. The first-order valence-corrected chi connectivity index (χ1v) is 9.36. The first-order valence-electron chi connectivity index (χ1n) is 9.36. The van der Waals surface area contributed by atoms with Crippen LogP contribution in [0.5, 0.6) is 0 Å². The molecular formula is C20H36O2. The molecule has 0 radical (unpaired) electrons. The number of carbonyl (C=O) groups is 1. The highest BCUT2D eigenvalue weighted by Gasteiger charge is 2.54. The lowest BCUT2D eigenvalue weighted by Crippen LogP contribution is -2.52. The predicted octanol–water partition coefficient (Wildman–Crippen LogP) is 4.84. The van der Waals surface area contributed by atoms with E-state index in [9.17, 15) is 9.90 Å². The maximum Gasteiger partial charge on any atom is 0.135 e. The molecule has 2 heteroatoms. The van der Waals surface area contributed by atoms with Crippen molar-refractivity contribution in [1.82, 2.24) is 0 Å². The first kappa shape index (κ1) is 18.0. The van der Waals surface area contributed by atoms with Crippen molar-refractivity contribution in [2.24, 2.45) is 34.5 Å². The smallest absolute Gasteiger partial charge is 0.135 e.